The number of hydrogen-bond acceptors (Lipinski definition) is 4. The first-order valence-corrected chi connectivity index (χ1v) is 35.6. The summed E-state index contributed by atoms with van der Waals surface area (Å²) in [5, 5.41) is 6.97. The zero-order valence-corrected chi connectivity index (χ0v) is 62.8. The van der Waals surface area contributed by atoms with Crippen LogP contribution in [0.5, 0.6) is 0 Å². The summed E-state index contributed by atoms with van der Waals surface area (Å²) in [7, 11) is 8.16. The molecule has 8 aromatic heterocycles. The van der Waals surface area contributed by atoms with Crippen molar-refractivity contribution in [2.75, 3.05) is 0 Å². The van der Waals surface area contributed by atoms with Crippen LogP contribution in [0, 0.1) is 77.6 Å². The Kier molecular flexibility index (Phi) is 19.3. The van der Waals surface area contributed by atoms with Crippen LogP contribution in [0.15, 0.2) is 188 Å². The number of rotatable bonds is 8. The molecule has 0 unspecified atom stereocenters. The van der Waals surface area contributed by atoms with Crippen LogP contribution in [0.4, 0.5) is 22.0 Å². The molecule has 8 heterocycles. The van der Waals surface area contributed by atoms with E-state index in [-0.39, 0.29) is 23.3 Å². The van der Waals surface area contributed by atoms with Crippen molar-refractivity contribution in [2.24, 2.45) is 28.2 Å². The SMILES string of the molecule is Cc1cc(F)c2c(oc3cc(F)ccc32)c1-c1ccc(C(C)C)c[n+]1C.Cc1cc2c(cc1F)oc1c(-c3ccc(C(C)C)c[n+]3C)c(C)ccc12.Cc1ccc2c(oc3c(C)c(F)ccc32)c1-c1ccc(C(C)C)c[n+]1C.Cc1ccc2c(oc3cc(F)cc(C)c32)c1-c1ccc(C(C)C)c[n+]1C. The number of halogens is 5. The number of aromatic nitrogens is 4. The molecule has 0 atom stereocenters. The van der Waals surface area contributed by atoms with Crippen LogP contribution < -0.4 is 18.3 Å². The highest BCUT2D eigenvalue weighted by atomic mass is 19.1. The van der Waals surface area contributed by atoms with E-state index in [2.05, 4.69) is 215 Å². The Balaban J connectivity index is 0.000000123. The van der Waals surface area contributed by atoms with Gasteiger partial charge >= 0.3 is 0 Å². The van der Waals surface area contributed by atoms with Gasteiger partial charge in [-0.3, -0.25) is 0 Å². The van der Waals surface area contributed by atoms with Gasteiger partial charge in [0.15, 0.2) is 30.4 Å². The lowest BCUT2D eigenvalue weighted by Gasteiger charge is -2.09. The van der Waals surface area contributed by atoms with E-state index < -0.39 is 5.82 Å². The molecule has 16 rings (SSSR count). The number of furan rings is 4. The molecule has 0 bridgehead atoms. The minimum atomic E-state index is -0.401. The number of benzene rings is 8. The first-order chi connectivity index (χ1) is 49.5. The van der Waals surface area contributed by atoms with Gasteiger partial charge in [-0.05, 0) is 172 Å². The molecular weight excluding hydrogens is 1310 g/mol. The van der Waals surface area contributed by atoms with Gasteiger partial charge in [0.1, 0.15) is 96.4 Å². The molecule has 8 aromatic carbocycles. The number of aryl methyl sites for hydroxylation is 11. The van der Waals surface area contributed by atoms with Crippen molar-refractivity contribution >= 4 is 87.8 Å². The largest absolute Gasteiger partial charge is 0.455 e. The number of hydrogen-bond donors (Lipinski definition) is 0. The van der Waals surface area contributed by atoms with E-state index in [1.54, 1.807) is 26.0 Å². The van der Waals surface area contributed by atoms with Crippen molar-refractivity contribution in [3.8, 4) is 45.0 Å². The Morgan fingerprint density at radius 1 is 0.269 bits per heavy atom. The molecule has 528 valence electrons. The second-order valence-corrected chi connectivity index (χ2v) is 29.4. The van der Waals surface area contributed by atoms with Gasteiger partial charge in [-0.15, -0.1) is 0 Å². The average Bonchev–Trinajstić information content (AvgIpc) is 1.61. The fourth-order valence-corrected chi connectivity index (χ4v) is 14.6. The Morgan fingerprint density at radius 2 is 0.654 bits per heavy atom. The summed E-state index contributed by atoms with van der Waals surface area (Å²) in [6.45, 7) is 31.0. The zero-order chi connectivity index (χ0) is 74.3. The van der Waals surface area contributed by atoms with Crippen molar-refractivity contribution in [1.82, 2.24) is 0 Å². The van der Waals surface area contributed by atoms with Gasteiger partial charge in [0.05, 0.1) is 27.6 Å². The lowest BCUT2D eigenvalue weighted by atomic mass is 9.98. The zero-order valence-electron chi connectivity index (χ0n) is 62.8. The smallest absolute Gasteiger partial charge is 0.216 e. The third kappa shape index (κ3) is 13.1. The number of nitrogens with zero attached hydrogens (tertiary/aromatic N) is 4. The highest BCUT2D eigenvalue weighted by molar-refractivity contribution is 6.13. The Morgan fingerprint density at radius 3 is 1.13 bits per heavy atom. The van der Waals surface area contributed by atoms with Crippen molar-refractivity contribution in [2.45, 2.75) is 128 Å². The van der Waals surface area contributed by atoms with E-state index in [1.165, 1.54) is 58.7 Å². The van der Waals surface area contributed by atoms with Crippen molar-refractivity contribution in [1.29, 1.82) is 0 Å². The summed E-state index contributed by atoms with van der Waals surface area (Å²) in [6, 6.07) is 45.1. The molecule has 0 radical (unpaired) electrons. The molecule has 0 saturated carbocycles. The maximum Gasteiger partial charge on any atom is 0.216 e. The molecule has 0 aliphatic heterocycles. The van der Waals surface area contributed by atoms with E-state index in [0.29, 0.717) is 73.5 Å². The summed E-state index contributed by atoms with van der Waals surface area (Å²) in [5.41, 5.74) is 24.7. The maximum absolute atomic E-state index is 14.7. The predicted molar refractivity (Wildman–Crippen MR) is 411 cm³/mol. The Hall–Kier alpha value is -10.8. The predicted octanol–water partition coefficient (Wildman–Crippen LogP) is 23.7. The molecule has 0 fully saturated rings. The molecule has 0 spiro atoms. The molecule has 0 N–H and O–H groups in total. The maximum atomic E-state index is 14.7. The van der Waals surface area contributed by atoms with Gasteiger partial charge in [0, 0.05) is 108 Å². The van der Waals surface area contributed by atoms with Crippen LogP contribution in [0.25, 0.3) is 133 Å². The topological polar surface area (TPSA) is 68.1 Å². The van der Waals surface area contributed by atoms with Crippen molar-refractivity contribution < 1.29 is 57.9 Å². The summed E-state index contributed by atoms with van der Waals surface area (Å²) in [5.74, 6) is 0.355. The molecule has 0 aliphatic carbocycles. The quantitative estimate of drug-likeness (QED) is 0.112. The van der Waals surface area contributed by atoms with Crippen LogP contribution in [0.3, 0.4) is 0 Å². The van der Waals surface area contributed by atoms with E-state index in [0.717, 1.165) is 122 Å². The number of fused-ring (bicyclic) bond motifs is 12. The summed E-state index contributed by atoms with van der Waals surface area (Å²) < 4.78 is 103. The monoisotopic (exact) mass is 1400 g/mol. The Bertz CT molecular complexity index is 6020. The van der Waals surface area contributed by atoms with E-state index in [9.17, 15) is 22.0 Å². The Labute approximate surface area is 603 Å². The molecule has 16 aromatic rings. The van der Waals surface area contributed by atoms with E-state index in [1.807, 2.05) is 43.7 Å². The molecule has 0 saturated heterocycles. The molecule has 0 amide bonds. The minimum Gasteiger partial charge on any atom is -0.455 e. The highest BCUT2D eigenvalue weighted by Gasteiger charge is 2.28. The molecule has 13 heteroatoms. The van der Waals surface area contributed by atoms with Gasteiger partial charge in [-0.2, -0.15) is 0 Å². The number of pyridine rings is 4. The van der Waals surface area contributed by atoms with Crippen LogP contribution in [0.1, 0.15) is 140 Å². The van der Waals surface area contributed by atoms with Gasteiger partial charge in [0.2, 0.25) is 22.8 Å². The molecular formula is C91H89F5N4O4+4. The van der Waals surface area contributed by atoms with E-state index in [4.69, 9.17) is 17.7 Å². The molecule has 8 nitrogen and oxygen atoms in total. The van der Waals surface area contributed by atoms with Gasteiger partial charge in [-0.25, -0.2) is 40.2 Å². The third-order valence-corrected chi connectivity index (χ3v) is 20.6. The molecule has 104 heavy (non-hydrogen) atoms. The van der Waals surface area contributed by atoms with Crippen LogP contribution >= 0.6 is 0 Å². The van der Waals surface area contributed by atoms with Crippen LogP contribution in [0.2, 0.25) is 0 Å². The fourth-order valence-electron chi connectivity index (χ4n) is 14.6. The summed E-state index contributed by atoms with van der Waals surface area (Å²) >= 11 is 0. The first kappa shape index (κ1) is 71.6. The average molecular weight is 1400 g/mol. The lowest BCUT2D eigenvalue weighted by Crippen LogP contribution is -2.31. The van der Waals surface area contributed by atoms with Crippen molar-refractivity contribution in [3.63, 3.8) is 0 Å². The second kappa shape index (κ2) is 28.1. The van der Waals surface area contributed by atoms with Crippen LogP contribution in [-0.4, -0.2) is 0 Å². The van der Waals surface area contributed by atoms with Gasteiger partial charge in [-0.1, -0.05) is 91.8 Å². The van der Waals surface area contributed by atoms with Gasteiger partial charge < -0.3 is 17.7 Å². The highest BCUT2D eigenvalue weighted by Crippen LogP contribution is 2.44. The van der Waals surface area contributed by atoms with Gasteiger partial charge in [0.25, 0.3) is 0 Å². The normalized spacial score (nSPS) is 11.8. The second-order valence-electron chi connectivity index (χ2n) is 29.4. The first-order valence-electron chi connectivity index (χ1n) is 35.6. The minimum absolute atomic E-state index is 0.235. The molecule has 0 aliphatic rings. The standard InChI is InChI=1S/3C23H23FNO.C22H20F2NO/c1-13(2)16-7-11-20(25(5)12-16)21-14(3)6-8-18-17-9-10-19(24)15(4)22(17)26-23(18)21;1-13(2)16-7-9-19(25(5)12-16)22-14(3)6-8-18-21-15(4)10-17(24)11-20(21)26-23(18)22;1-13(2)16-7-9-20(25(5)12-16)22-14(3)6-8-17-18-10-15(4)19(24)11-21(18)26-23(17)22;1-12(2)14-5-8-18(25(4)11-14)20-13(3)9-17(24)21-16-7-6-15(23)10-19(16)26-22(20)21/h3*6-13H,1-5H3;5-12H,1-4H3/q4*+1. The third-order valence-electron chi connectivity index (χ3n) is 20.6. The van der Waals surface area contributed by atoms with E-state index >= 15 is 0 Å². The van der Waals surface area contributed by atoms with Crippen molar-refractivity contribution in [3.05, 3.63) is 261 Å². The lowest BCUT2D eigenvalue weighted by molar-refractivity contribution is -0.661. The fraction of sp³-hybridized carbons (Fsp3) is 0.253. The summed E-state index contributed by atoms with van der Waals surface area (Å²) in [6.07, 6.45) is 8.60. The van der Waals surface area contributed by atoms with Crippen LogP contribution in [-0.2, 0) is 28.2 Å². The summed E-state index contributed by atoms with van der Waals surface area (Å²) in [4.78, 5) is 0.